The van der Waals surface area contributed by atoms with Crippen LogP contribution in [0.15, 0.2) is 30.3 Å². The minimum atomic E-state index is 0.203. The van der Waals surface area contributed by atoms with Crippen LogP contribution >= 0.6 is 11.6 Å². The zero-order valence-corrected chi connectivity index (χ0v) is 11.8. The molecule has 0 atom stereocenters. The summed E-state index contributed by atoms with van der Waals surface area (Å²) in [4.78, 5) is 0. The Kier molecular flexibility index (Phi) is 3.82. The van der Waals surface area contributed by atoms with Gasteiger partial charge in [-0.2, -0.15) is 5.26 Å². The summed E-state index contributed by atoms with van der Waals surface area (Å²) in [6.45, 7) is 4.09. The minimum Gasteiger partial charge on any atom is -0.397 e. The van der Waals surface area contributed by atoms with Crippen LogP contribution in [0.5, 0.6) is 0 Å². The Hall–Kier alpha value is -1.92. The van der Waals surface area contributed by atoms with E-state index in [1.54, 1.807) is 6.07 Å². The quantitative estimate of drug-likeness (QED) is 0.925. The largest absolute Gasteiger partial charge is 0.397 e. The second kappa shape index (κ2) is 5.38. The first kappa shape index (κ1) is 13.5. The lowest BCUT2D eigenvalue weighted by Crippen LogP contribution is -2.09. The predicted octanol–water partition coefficient (Wildman–Crippen LogP) is 3.77. The van der Waals surface area contributed by atoms with Gasteiger partial charge in [0.2, 0.25) is 0 Å². The first-order chi connectivity index (χ1) is 9.02. The average Bonchev–Trinajstić information content (AvgIpc) is 2.69. The molecule has 0 amide bonds. The van der Waals surface area contributed by atoms with E-state index >= 15 is 0 Å². The number of nitrogens with zero attached hydrogens (tertiary/aromatic N) is 2. The van der Waals surface area contributed by atoms with Crippen LogP contribution in [0.2, 0.25) is 5.02 Å². The lowest BCUT2D eigenvalue weighted by atomic mass is 10.1. The van der Waals surface area contributed by atoms with Crippen LogP contribution in [0.25, 0.3) is 0 Å². The summed E-state index contributed by atoms with van der Waals surface area (Å²) < 4.78 is 1.99. The molecule has 0 aliphatic carbocycles. The summed E-state index contributed by atoms with van der Waals surface area (Å²) >= 11 is 5.88. The molecule has 0 fully saturated rings. The average molecular weight is 274 g/mol. The van der Waals surface area contributed by atoms with Gasteiger partial charge in [-0.05, 0) is 37.6 Å². The highest BCUT2D eigenvalue weighted by Gasteiger charge is 2.15. The van der Waals surface area contributed by atoms with Gasteiger partial charge in [-0.25, -0.2) is 0 Å². The van der Waals surface area contributed by atoms with E-state index in [1.807, 2.05) is 42.7 Å². The molecule has 2 rings (SSSR count). The summed E-state index contributed by atoms with van der Waals surface area (Å²) in [6.07, 6.45) is 0.697. The van der Waals surface area contributed by atoms with Gasteiger partial charge in [0, 0.05) is 23.2 Å². The lowest BCUT2D eigenvalue weighted by molar-refractivity contribution is 0.577. The zero-order valence-electron chi connectivity index (χ0n) is 11.0. The van der Waals surface area contributed by atoms with Crippen molar-refractivity contribution in [2.45, 2.75) is 26.3 Å². The fraction of sp³-hybridized carbons (Fsp3) is 0.267. The maximum absolute atomic E-state index is 9.16. The molecule has 3 nitrogen and oxygen atoms in total. The van der Waals surface area contributed by atoms with Gasteiger partial charge in [-0.3, -0.25) is 0 Å². The monoisotopic (exact) mass is 273 g/mol. The van der Waals surface area contributed by atoms with Crippen molar-refractivity contribution in [2.24, 2.45) is 0 Å². The van der Waals surface area contributed by atoms with Crippen molar-refractivity contribution in [3.63, 3.8) is 0 Å². The van der Waals surface area contributed by atoms with Gasteiger partial charge < -0.3 is 10.3 Å². The van der Waals surface area contributed by atoms with Crippen LogP contribution < -0.4 is 5.73 Å². The van der Waals surface area contributed by atoms with Crippen LogP contribution in [0.1, 0.15) is 36.8 Å². The first-order valence-corrected chi connectivity index (χ1v) is 6.55. The fourth-order valence-corrected chi connectivity index (χ4v) is 2.37. The molecule has 4 heteroatoms. The van der Waals surface area contributed by atoms with Crippen molar-refractivity contribution in [2.75, 3.05) is 5.73 Å². The summed E-state index contributed by atoms with van der Waals surface area (Å²) in [5.41, 5.74) is 9.42. The number of benzene rings is 1. The third-order valence-electron chi connectivity index (χ3n) is 3.09. The van der Waals surface area contributed by atoms with Crippen molar-refractivity contribution in [3.8, 4) is 6.07 Å². The smallest absolute Gasteiger partial charge is 0.122 e. The fourth-order valence-electron chi connectivity index (χ4n) is 2.24. The molecule has 0 unspecified atom stereocenters. The highest BCUT2D eigenvalue weighted by Crippen LogP contribution is 2.25. The third kappa shape index (κ3) is 2.74. The van der Waals surface area contributed by atoms with Crippen molar-refractivity contribution in [1.29, 1.82) is 5.26 Å². The maximum Gasteiger partial charge on any atom is 0.122 e. The summed E-state index contributed by atoms with van der Waals surface area (Å²) in [5.74, 6) is 0. The molecule has 0 radical (unpaired) electrons. The standard InChI is InChI=1S/C15H16ClN3/c1-10(2)19-13(9-17)8-14(18)15(19)7-11-3-5-12(16)6-4-11/h3-6,8,10H,7,18H2,1-2H3. The molecule has 0 saturated carbocycles. The molecule has 98 valence electrons. The van der Waals surface area contributed by atoms with E-state index < -0.39 is 0 Å². The van der Waals surface area contributed by atoms with Crippen LogP contribution in [0.3, 0.4) is 0 Å². The third-order valence-corrected chi connectivity index (χ3v) is 3.34. The second-order valence-corrected chi connectivity index (χ2v) is 5.25. The van der Waals surface area contributed by atoms with Gasteiger partial charge in [0.05, 0.1) is 5.69 Å². The SMILES string of the molecule is CC(C)n1c(C#N)cc(N)c1Cc1ccc(Cl)cc1. The van der Waals surface area contributed by atoms with Crippen molar-refractivity contribution in [1.82, 2.24) is 4.57 Å². The summed E-state index contributed by atoms with van der Waals surface area (Å²) in [6, 6.07) is 11.8. The molecule has 0 saturated heterocycles. The summed E-state index contributed by atoms with van der Waals surface area (Å²) in [7, 11) is 0. The first-order valence-electron chi connectivity index (χ1n) is 6.17. The van der Waals surface area contributed by atoms with E-state index in [4.69, 9.17) is 22.6 Å². The molecular formula is C15H16ClN3. The Morgan fingerprint density at radius 3 is 2.47 bits per heavy atom. The molecule has 1 aromatic carbocycles. The van der Waals surface area contributed by atoms with Crippen LogP contribution in [0, 0.1) is 11.3 Å². The minimum absolute atomic E-state index is 0.203. The normalized spacial score (nSPS) is 10.7. The number of nitrogen functional groups attached to an aromatic ring is 1. The van der Waals surface area contributed by atoms with Crippen LogP contribution in [-0.4, -0.2) is 4.57 Å². The van der Waals surface area contributed by atoms with Gasteiger partial charge in [-0.15, -0.1) is 0 Å². The Balaban J connectivity index is 2.42. The van der Waals surface area contributed by atoms with Gasteiger partial charge in [0.1, 0.15) is 11.8 Å². The molecule has 0 aliphatic heterocycles. The Bertz CT molecular complexity index is 618. The van der Waals surface area contributed by atoms with E-state index in [2.05, 4.69) is 6.07 Å². The van der Waals surface area contributed by atoms with E-state index in [-0.39, 0.29) is 6.04 Å². The van der Waals surface area contributed by atoms with Crippen molar-refractivity contribution in [3.05, 3.63) is 52.3 Å². The highest BCUT2D eigenvalue weighted by atomic mass is 35.5. The number of nitrogens with two attached hydrogens (primary N) is 1. The number of rotatable bonds is 3. The second-order valence-electron chi connectivity index (χ2n) is 4.81. The van der Waals surface area contributed by atoms with Gasteiger partial charge in [-0.1, -0.05) is 23.7 Å². The van der Waals surface area contributed by atoms with E-state index in [0.29, 0.717) is 22.8 Å². The van der Waals surface area contributed by atoms with E-state index in [1.165, 1.54) is 0 Å². The number of hydrogen-bond donors (Lipinski definition) is 1. The number of hydrogen-bond acceptors (Lipinski definition) is 2. The zero-order chi connectivity index (χ0) is 14.0. The number of halogens is 1. The van der Waals surface area contributed by atoms with Crippen LogP contribution in [0.4, 0.5) is 5.69 Å². The van der Waals surface area contributed by atoms with E-state index in [0.717, 1.165) is 11.3 Å². The Labute approximate surface area is 118 Å². The Morgan fingerprint density at radius 1 is 1.32 bits per heavy atom. The highest BCUT2D eigenvalue weighted by molar-refractivity contribution is 6.30. The Morgan fingerprint density at radius 2 is 1.95 bits per heavy atom. The maximum atomic E-state index is 9.16. The topological polar surface area (TPSA) is 54.7 Å². The van der Waals surface area contributed by atoms with Crippen molar-refractivity contribution < 1.29 is 0 Å². The molecule has 0 aliphatic rings. The molecule has 2 aromatic rings. The molecule has 0 spiro atoms. The van der Waals surface area contributed by atoms with Crippen LogP contribution in [-0.2, 0) is 6.42 Å². The van der Waals surface area contributed by atoms with Gasteiger partial charge >= 0.3 is 0 Å². The molecule has 0 bridgehead atoms. The molecule has 19 heavy (non-hydrogen) atoms. The molecule has 1 aromatic heterocycles. The van der Waals surface area contributed by atoms with E-state index in [9.17, 15) is 0 Å². The molecule has 1 heterocycles. The predicted molar refractivity (Wildman–Crippen MR) is 78.2 cm³/mol. The van der Waals surface area contributed by atoms with Gasteiger partial charge in [0.15, 0.2) is 0 Å². The number of aromatic nitrogens is 1. The summed E-state index contributed by atoms with van der Waals surface area (Å²) in [5, 5.41) is 9.88. The van der Waals surface area contributed by atoms with Crippen molar-refractivity contribution >= 4 is 17.3 Å². The number of nitriles is 1. The van der Waals surface area contributed by atoms with Gasteiger partial charge in [0.25, 0.3) is 0 Å². The lowest BCUT2D eigenvalue weighted by Gasteiger charge is -2.15. The molecular weight excluding hydrogens is 258 g/mol. The molecule has 2 N–H and O–H groups in total. The number of anilines is 1.